The highest BCUT2D eigenvalue weighted by molar-refractivity contribution is 7.20. The number of carbonyl (C=O) groups is 1. The number of anilines is 1. The molecule has 0 radical (unpaired) electrons. The normalized spacial score (nSPS) is 17.2. The third-order valence-electron chi connectivity index (χ3n) is 6.41. The van der Waals surface area contributed by atoms with Crippen molar-refractivity contribution in [1.29, 1.82) is 0 Å². The molecule has 1 unspecified atom stereocenters. The molecule has 3 aromatic rings. The Kier molecular flexibility index (Phi) is 4.77. The number of nitrogens with zero attached hydrogens (tertiary/aromatic N) is 3. The molecular weight excluding hydrogens is 394 g/mol. The topological polar surface area (TPSA) is 55.3 Å². The second-order valence-corrected chi connectivity index (χ2v) is 9.63. The van der Waals surface area contributed by atoms with Crippen LogP contribution in [0.2, 0.25) is 0 Å². The largest absolute Gasteiger partial charge is 0.497 e. The zero-order valence-corrected chi connectivity index (χ0v) is 18.8. The average molecular weight is 422 g/mol. The van der Waals surface area contributed by atoms with Crippen LogP contribution in [-0.2, 0) is 0 Å². The molecule has 0 bridgehead atoms. The lowest BCUT2D eigenvalue weighted by Crippen LogP contribution is -2.40. The summed E-state index contributed by atoms with van der Waals surface area (Å²) in [5, 5.41) is 1.04. The molecule has 2 aliphatic carbocycles. The van der Waals surface area contributed by atoms with Gasteiger partial charge in [-0.15, -0.1) is 11.3 Å². The summed E-state index contributed by atoms with van der Waals surface area (Å²) in [5.41, 5.74) is 2.90. The van der Waals surface area contributed by atoms with Gasteiger partial charge in [-0.25, -0.2) is 9.97 Å². The summed E-state index contributed by atoms with van der Waals surface area (Å²) in [7, 11) is 1.66. The molecule has 1 aromatic carbocycles. The van der Waals surface area contributed by atoms with Crippen LogP contribution in [-0.4, -0.2) is 29.0 Å². The van der Waals surface area contributed by atoms with Crippen LogP contribution in [0.5, 0.6) is 5.75 Å². The van der Waals surface area contributed by atoms with Crippen molar-refractivity contribution in [3.8, 4) is 5.75 Å². The summed E-state index contributed by atoms with van der Waals surface area (Å²) in [5.74, 6) is 2.86. The maximum absolute atomic E-state index is 13.9. The van der Waals surface area contributed by atoms with Gasteiger partial charge < -0.3 is 9.64 Å². The SMILES string of the molecule is COc1ccc(N(C(=O)c2sc3nc(C4CC4)nc(C)c3c2C)C(C)C2CC2)cc1. The first-order valence-electron chi connectivity index (χ1n) is 10.7. The number of rotatable bonds is 6. The lowest BCUT2D eigenvalue weighted by Gasteiger charge is -2.29. The molecule has 2 aliphatic rings. The van der Waals surface area contributed by atoms with Crippen molar-refractivity contribution in [3.05, 3.63) is 46.2 Å². The molecule has 156 valence electrons. The number of hydrogen-bond acceptors (Lipinski definition) is 5. The summed E-state index contributed by atoms with van der Waals surface area (Å²) in [6, 6.07) is 7.96. The van der Waals surface area contributed by atoms with E-state index >= 15 is 0 Å². The van der Waals surface area contributed by atoms with Crippen LogP contribution in [0.4, 0.5) is 5.69 Å². The van der Waals surface area contributed by atoms with Gasteiger partial charge in [0, 0.05) is 23.0 Å². The molecule has 5 rings (SSSR count). The highest BCUT2D eigenvalue weighted by Crippen LogP contribution is 2.42. The van der Waals surface area contributed by atoms with Crippen LogP contribution in [0.15, 0.2) is 24.3 Å². The Morgan fingerprint density at radius 3 is 2.43 bits per heavy atom. The summed E-state index contributed by atoms with van der Waals surface area (Å²) in [6.07, 6.45) is 4.71. The lowest BCUT2D eigenvalue weighted by atomic mass is 10.1. The third kappa shape index (κ3) is 3.37. The van der Waals surface area contributed by atoms with E-state index in [1.165, 1.54) is 37.0 Å². The Hall–Kier alpha value is -2.47. The minimum absolute atomic E-state index is 0.0624. The molecule has 0 aliphatic heterocycles. The van der Waals surface area contributed by atoms with Gasteiger partial charge in [0.25, 0.3) is 5.91 Å². The fraction of sp³-hybridized carbons (Fsp3) is 0.458. The van der Waals surface area contributed by atoms with Crippen LogP contribution in [0.3, 0.4) is 0 Å². The smallest absolute Gasteiger partial charge is 0.268 e. The van der Waals surface area contributed by atoms with Crippen molar-refractivity contribution >= 4 is 33.1 Å². The number of benzene rings is 1. The van der Waals surface area contributed by atoms with Crippen LogP contribution in [0.1, 0.15) is 65.3 Å². The molecule has 6 heteroatoms. The van der Waals surface area contributed by atoms with Crippen LogP contribution in [0, 0.1) is 19.8 Å². The molecule has 2 fully saturated rings. The van der Waals surface area contributed by atoms with Gasteiger partial charge in [-0.05, 0) is 82.2 Å². The molecule has 0 spiro atoms. The maximum atomic E-state index is 13.9. The van der Waals surface area contributed by atoms with E-state index in [0.717, 1.165) is 43.6 Å². The van der Waals surface area contributed by atoms with Gasteiger partial charge in [0.15, 0.2) is 0 Å². The Balaban J connectivity index is 1.57. The van der Waals surface area contributed by atoms with E-state index in [1.54, 1.807) is 7.11 Å². The zero-order chi connectivity index (χ0) is 21.0. The lowest BCUT2D eigenvalue weighted by molar-refractivity contribution is 0.0979. The molecule has 1 amide bonds. The van der Waals surface area contributed by atoms with Gasteiger partial charge in [0.2, 0.25) is 0 Å². The molecule has 2 aromatic heterocycles. The van der Waals surface area contributed by atoms with Gasteiger partial charge in [-0.2, -0.15) is 0 Å². The van der Waals surface area contributed by atoms with E-state index in [-0.39, 0.29) is 11.9 Å². The molecule has 30 heavy (non-hydrogen) atoms. The predicted octanol–water partition coefficient (Wildman–Crippen LogP) is 5.64. The van der Waals surface area contributed by atoms with Crippen LogP contribution < -0.4 is 9.64 Å². The van der Waals surface area contributed by atoms with Gasteiger partial charge in [0.05, 0.1) is 17.7 Å². The molecule has 2 heterocycles. The fourth-order valence-electron chi connectivity index (χ4n) is 4.27. The fourth-order valence-corrected chi connectivity index (χ4v) is 5.44. The highest BCUT2D eigenvalue weighted by Gasteiger charge is 2.37. The quantitative estimate of drug-likeness (QED) is 0.517. The van der Waals surface area contributed by atoms with E-state index in [1.807, 2.05) is 43.0 Å². The first-order chi connectivity index (χ1) is 14.5. The molecule has 1 atom stereocenters. The van der Waals surface area contributed by atoms with Crippen LogP contribution in [0.25, 0.3) is 10.2 Å². The first-order valence-corrected chi connectivity index (χ1v) is 11.5. The number of ether oxygens (including phenoxy) is 1. The second kappa shape index (κ2) is 7.34. The summed E-state index contributed by atoms with van der Waals surface area (Å²) < 4.78 is 5.31. The van der Waals surface area contributed by atoms with Crippen molar-refractivity contribution in [2.75, 3.05) is 12.0 Å². The molecular formula is C24H27N3O2S. The summed E-state index contributed by atoms with van der Waals surface area (Å²) in [6.45, 7) is 6.24. The number of fused-ring (bicyclic) bond motifs is 1. The van der Waals surface area contributed by atoms with Gasteiger partial charge in [-0.3, -0.25) is 4.79 Å². The number of hydrogen-bond donors (Lipinski definition) is 0. The minimum Gasteiger partial charge on any atom is -0.497 e. The van der Waals surface area contributed by atoms with Gasteiger partial charge >= 0.3 is 0 Å². The minimum atomic E-state index is 0.0624. The highest BCUT2D eigenvalue weighted by atomic mass is 32.1. The number of carbonyl (C=O) groups excluding carboxylic acids is 1. The van der Waals surface area contributed by atoms with Crippen molar-refractivity contribution < 1.29 is 9.53 Å². The maximum Gasteiger partial charge on any atom is 0.268 e. The van der Waals surface area contributed by atoms with E-state index in [4.69, 9.17) is 14.7 Å². The Morgan fingerprint density at radius 2 is 1.83 bits per heavy atom. The van der Waals surface area contributed by atoms with E-state index in [2.05, 4.69) is 6.92 Å². The van der Waals surface area contributed by atoms with Crippen LogP contribution >= 0.6 is 11.3 Å². The van der Waals surface area contributed by atoms with Crippen molar-refractivity contribution in [3.63, 3.8) is 0 Å². The van der Waals surface area contributed by atoms with Crippen molar-refractivity contribution in [2.45, 2.75) is 58.4 Å². The number of aromatic nitrogens is 2. The standard InChI is InChI=1S/C24H27N3O2S/c1-13-20-14(2)25-22(17-7-8-17)26-23(20)30-21(13)24(28)27(15(3)16-5-6-16)18-9-11-19(29-4)12-10-18/h9-12,15-17H,5-8H2,1-4H3. The Bertz CT molecular complexity index is 1110. The molecule has 5 nitrogen and oxygen atoms in total. The Morgan fingerprint density at radius 1 is 1.13 bits per heavy atom. The Labute approximate surface area is 181 Å². The van der Waals surface area contributed by atoms with Crippen molar-refractivity contribution in [1.82, 2.24) is 9.97 Å². The van der Waals surface area contributed by atoms with E-state index < -0.39 is 0 Å². The molecule has 0 N–H and O–H groups in total. The average Bonchev–Trinajstić information content (AvgIpc) is 3.65. The number of aryl methyl sites for hydroxylation is 2. The zero-order valence-electron chi connectivity index (χ0n) is 17.9. The number of amides is 1. The van der Waals surface area contributed by atoms with Crippen molar-refractivity contribution in [2.24, 2.45) is 5.92 Å². The second-order valence-electron chi connectivity index (χ2n) is 8.63. The van der Waals surface area contributed by atoms with Gasteiger partial charge in [0.1, 0.15) is 16.4 Å². The van der Waals surface area contributed by atoms with E-state index in [9.17, 15) is 4.79 Å². The molecule has 0 saturated heterocycles. The number of methoxy groups -OCH3 is 1. The monoisotopic (exact) mass is 421 g/mol. The number of thiophene rings is 1. The third-order valence-corrected chi connectivity index (χ3v) is 7.58. The van der Waals surface area contributed by atoms with E-state index in [0.29, 0.717) is 11.8 Å². The van der Waals surface area contributed by atoms with Gasteiger partial charge in [-0.1, -0.05) is 0 Å². The summed E-state index contributed by atoms with van der Waals surface area (Å²) >= 11 is 1.52. The predicted molar refractivity (Wildman–Crippen MR) is 121 cm³/mol. The first kappa shape index (κ1) is 19.5. The summed E-state index contributed by atoms with van der Waals surface area (Å²) in [4.78, 5) is 27.1. The molecule has 2 saturated carbocycles.